The Labute approximate surface area is 176 Å². The summed E-state index contributed by atoms with van der Waals surface area (Å²) in [4.78, 5) is 28.9. The van der Waals surface area contributed by atoms with E-state index in [1.54, 1.807) is 18.2 Å². The van der Waals surface area contributed by atoms with Crippen molar-refractivity contribution in [3.63, 3.8) is 0 Å². The Balaban J connectivity index is 1.79. The van der Waals surface area contributed by atoms with Crippen molar-refractivity contribution in [2.75, 3.05) is 23.8 Å². The maximum Gasteiger partial charge on any atom is 0.258 e. The minimum Gasteiger partial charge on any atom is -0.376 e. The summed E-state index contributed by atoms with van der Waals surface area (Å²) in [6, 6.07) is 13.0. The average molecular weight is 409 g/mol. The molecule has 0 radical (unpaired) electrons. The Hall–Kier alpha value is -3.19. The predicted molar refractivity (Wildman–Crippen MR) is 119 cm³/mol. The van der Waals surface area contributed by atoms with Crippen LogP contribution in [0.25, 0.3) is 0 Å². The van der Waals surface area contributed by atoms with Gasteiger partial charge < -0.3 is 15.4 Å². The van der Waals surface area contributed by atoms with Gasteiger partial charge in [-0.15, -0.1) is 0 Å². The van der Waals surface area contributed by atoms with Crippen LogP contribution in [0.15, 0.2) is 47.5 Å². The van der Waals surface area contributed by atoms with E-state index in [4.69, 9.17) is 4.74 Å². The molecule has 2 amide bonds. The van der Waals surface area contributed by atoms with E-state index in [0.29, 0.717) is 23.8 Å². The maximum absolute atomic E-state index is 12.9. The average Bonchev–Trinajstić information content (AvgIpc) is 3.22. The molecule has 0 aliphatic carbocycles. The van der Waals surface area contributed by atoms with Crippen molar-refractivity contribution >= 4 is 29.1 Å². The number of nitrogens with one attached hydrogen (secondary N) is 3. The van der Waals surface area contributed by atoms with E-state index in [2.05, 4.69) is 20.9 Å². The van der Waals surface area contributed by atoms with Crippen molar-refractivity contribution in [3.8, 4) is 0 Å². The fraction of sp³-hybridized carbons (Fsp3) is 0.348. The molecule has 3 rings (SSSR count). The van der Waals surface area contributed by atoms with Crippen LogP contribution in [0.5, 0.6) is 0 Å². The van der Waals surface area contributed by atoms with Crippen LogP contribution in [0.4, 0.5) is 11.4 Å². The fourth-order valence-electron chi connectivity index (χ4n) is 3.20. The molecule has 3 N–H and O–H groups in total. The number of anilines is 2. The summed E-state index contributed by atoms with van der Waals surface area (Å²) in [5.74, 6) is -0.129. The summed E-state index contributed by atoms with van der Waals surface area (Å²) < 4.78 is 5.64. The minimum atomic E-state index is -0.311. The fourth-order valence-corrected chi connectivity index (χ4v) is 3.20. The molecule has 2 aromatic carbocycles. The molecule has 1 aliphatic rings. The Morgan fingerprint density at radius 2 is 1.83 bits per heavy atom. The van der Waals surface area contributed by atoms with Crippen LogP contribution in [0.1, 0.15) is 41.3 Å². The molecule has 158 valence electrons. The molecule has 0 unspecified atom stereocenters. The zero-order valence-corrected chi connectivity index (χ0v) is 17.6. The van der Waals surface area contributed by atoms with Crippen molar-refractivity contribution in [1.29, 1.82) is 0 Å². The van der Waals surface area contributed by atoms with Gasteiger partial charge in [-0.2, -0.15) is 0 Å². The van der Waals surface area contributed by atoms with Crippen LogP contribution < -0.4 is 16.0 Å². The molecule has 0 saturated carbocycles. The Morgan fingerprint density at radius 3 is 2.53 bits per heavy atom. The molecule has 7 nitrogen and oxygen atoms in total. The molecule has 7 heteroatoms. The SMILES string of the molecule is CC(=O)Nc1cc(C(=O)NC(=NC[C@H]2CCCO2)Nc2ccccc2C)ccc1C. The normalized spacial score (nSPS) is 16.2. The first-order valence-electron chi connectivity index (χ1n) is 10.1. The smallest absolute Gasteiger partial charge is 0.258 e. The summed E-state index contributed by atoms with van der Waals surface area (Å²) in [7, 11) is 0. The number of para-hydroxylation sites is 1. The minimum absolute atomic E-state index is 0.0707. The van der Waals surface area contributed by atoms with Crippen molar-refractivity contribution in [3.05, 3.63) is 59.2 Å². The summed E-state index contributed by atoms with van der Waals surface area (Å²) in [6.07, 6.45) is 2.07. The van der Waals surface area contributed by atoms with Crippen LogP contribution in [0.2, 0.25) is 0 Å². The molecular formula is C23H28N4O3. The standard InChI is InChI=1S/C23H28N4O3/c1-15-7-4-5-9-20(15)26-23(24-14-19-8-6-12-30-19)27-22(29)18-11-10-16(2)21(13-18)25-17(3)28/h4-5,7,9-11,13,19H,6,8,12,14H2,1-3H3,(H,25,28)(H2,24,26,27,29)/t19-/m1/s1. The number of guanidine groups is 1. The third-order valence-electron chi connectivity index (χ3n) is 4.92. The van der Waals surface area contributed by atoms with Gasteiger partial charge in [0.15, 0.2) is 0 Å². The summed E-state index contributed by atoms with van der Waals surface area (Å²) >= 11 is 0. The molecule has 0 aromatic heterocycles. The highest BCUT2D eigenvalue weighted by Crippen LogP contribution is 2.18. The molecule has 30 heavy (non-hydrogen) atoms. The van der Waals surface area contributed by atoms with E-state index >= 15 is 0 Å². The number of carbonyl (C=O) groups is 2. The number of amides is 2. The van der Waals surface area contributed by atoms with Crippen molar-refractivity contribution in [1.82, 2.24) is 5.32 Å². The monoisotopic (exact) mass is 408 g/mol. The van der Waals surface area contributed by atoms with Gasteiger partial charge in [-0.05, 0) is 56.0 Å². The lowest BCUT2D eigenvalue weighted by Gasteiger charge is -2.15. The van der Waals surface area contributed by atoms with Gasteiger partial charge in [0, 0.05) is 30.5 Å². The Bertz CT molecular complexity index is 949. The van der Waals surface area contributed by atoms with Crippen molar-refractivity contribution in [2.45, 2.75) is 39.7 Å². The maximum atomic E-state index is 12.9. The molecule has 1 fully saturated rings. The van der Waals surface area contributed by atoms with E-state index in [1.807, 2.05) is 38.1 Å². The van der Waals surface area contributed by atoms with Gasteiger partial charge in [0.05, 0.1) is 12.6 Å². The third-order valence-corrected chi connectivity index (χ3v) is 4.92. The lowest BCUT2D eigenvalue weighted by Crippen LogP contribution is -2.37. The first kappa shape index (κ1) is 21.5. The van der Waals surface area contributed by atoms with Gasteiger partial charge in [0.25, 0.3) is 5.91 Å². The molecule has 0 bridgehead atoms. The van der Waals surface area contributed by atoms with Gasteiger partial charge >= 0.3 is 0 Å². The quantitative estimate of drug-likeness (QED) is 0.520. The van der Waals surface area contributed by atoms with E-state index in [1.165, 1.54) is 6.92 Å². The lowest BCUT2D eigenvalue weighted by molar-refractivity contribution is -0.114. The first-order valence-corrected chi connectivity index (χ1v) is 10.1. The number of carbonyl (C=O) groups excluding carboxylic acids is 2. The molecule has 1 atom stereocenters. The number of aliphatic imine (C=N–C) groups is 1. The van der Waals surface area contributed by atoms with E-state index in [9.17, 15) is 9.59 Å². The van der Waals surface area contributed by atoms with Crippen LogP contribution >= 0.6 is 0 Å². The number of aryl methyl sites for hydroxylation is 2. The van der Waals surface area contributed by atoms with Gasteiger partial charge in [-0.1, -0.05) is 24.3 Å². The highest BCUT2D eigenvalue weighted by Gasteiger charge is 2.17. The van der Waals surface area contributed by atoms with Crippen LogP contribution in [-0.4, -0.2) is 37.0 Å². The highest BCUT2D eigenvalue weighted by atomic mass is 16.5. The van der Waals surface area contributed by atoms with Gasteiger partial charge in [0.1, 0.15) is 0 Å². The number of rotatable bonds is 5. The number of benzene rings is 2. The highest BCUT2D eigenvalue weighted by molar-refractivity contribution is 6.10. The predicted octanol–water partition coefficient (Wildman–Crippen LogP) is 3.64. The van der Waals surface area contributed by atoms with Gasteiger partial charge in [-0.25, -0.2) is 4.99 Å². The van der Waals surface area contributed by atoms with E-state index in [0.717, 1.165) is 36.3 Å². The van der Waals surface area contributed by atoms with Gasteiger partial charge in [-0.3, -0.25) is 14.9 Å². The molecule has 0 spiro atoms. The molecular weight excluding hydrogens is 380 g/mol. The van der Waals surface area contributed by atoms with Crippen LogP contribution in [-0.2, 0) is 9.53 Å². The van der Waals surface area contributed by atoms with Crippen LogP contribution in [0.3, 0.4) is 0 Å². The van der Waals surface area contributed by atoms with Crippen molar-refractivity contribution < 1.29 is 14.3 Å². The second-order valence-electron chi connectivity index (χ2n) is 7.43. The number of nitrogens with zero attached hydrogens (tertiary/aromatic N) is 1. The second kappa shape index (κ2) is 10.0. The lowest BCUT2D eigenvalue weighted by atomic mass is 10.1. The van der Waals surface area contributed by atoms with E-state index < -0.39 is 0 Å². The zero-order valence-electron chi connectivity index (χ0n) is 17.6. The zero-order chi connectivity index (χ0) is 21.5. The molecule has 1 heterocycles. The third kappa shape index (κ3) is 5.90. The summed E-state index contributed by atoms with van der Waals surface area (Å²) in [6.45, 7) is 6.53. The largest absolute Gasteiger partial charge is 0.376 e. The Morgan fingerprint density at radius 1 is 1.07 bits per heavy atom. The van der Waals surface area contributed by atoms with Crippen LogP contribution in [0, 0.1) is 13.8 Å². The summed E-state index contributed by atoms with van der Waals surface area (Å²) in [5.41, 5.74) is 3.83. The second-order valence-corrected chi connectivity index (χ2v) is 7.43. The summed E-state index contributed by atoms with van der Waals surface area (Å²) in [5, 5.41) is 8.84. The van der Waals surface area contributed by atoms with Crippen molar-refractivity contribution in [2.24, 2.45) is 4.99 Å². The topological polar surface area (TPSA) is 91.8 Å². The number of hydrogen-bond donors (Lipinski definition) is 3. The number of ether oxygens (including phenoxy) is 1. The molecule has 1 aliphatic heterocycles. The Kier molecular flexibility index (Phi) is 7.19. The van der Waals surface area contributed by atoms with Gasteiger partial charge in [0.2, 0.25) is 11.9 Å². The van der Waals surface area contributed by atoms with E-state index in [-0.39, 0.29) is 17.9 Å². The number of hydrogen-bond acceptors (Lipinski definition) is 4. The molecule has 1 saturated heterocycles. The first-order chi connectivity index (χ1) is 14.4. The molecule has 2 aromatic rings.